The Morgan fingerprint density at radius 2 is 2.30 bits per heavy atom. The number of hydrogen-bond donors (Lipinski definition) is 0. The first-order valence-corrected chi connectivity index (χ1v) is 4.43. The molecule has 1 nitrogen and oxygen atoms in total. The van der Waals surface area contributed by atoms with Crippen LogP contribution < -0.4 is 0 Å². The second-order valence-electron chi connectivity index (χ2n) is 2.65. The summed E-state index contributed by atoms with van der Waals surface area (Å²) in [6.07, 6.45) is 1.96. The molecule has 0 bridgehead atoms. The van der Waals surface area contributed by atoms with Crippen molar-refractivity contribution in [3.63, 3.8) is 0 Å². The van der Waals surface area contributed by atoms with Gasteiger partial charge in [-0.2, -0.15) is 0 Å². The molecule has 1 aliphatic rings. The first kappa shape index (κ1) is 8.28. The van der Waals surface area contributed by atoms with Gasteiger partial charge in [-0.05, 0) is 0 Å². The van der Waals surface area contributed by atoms with Crippen LogP contribution in [0, 0.1) is 5.92 Å². The molecule has 1 heterocycles. The zero-order valence-corrected chi connectivity index (χ0v) is 7.96. The third-order valence-electron chi connectivity index (χ3n) is 1.39. The largest absolute Gasteiger partial charge is 0.366 e. The smallest absolute Gasteiger partial charge is 0.0914 e. The summed E-state index contributed by atoms with van der Waals surface area (Å²) in [7, 11) is 2.04. The number of halogens is 1. The SMILES string of the molecule is C[C](C)C1SC(Cl)=CN1C. The molecule has 0 saturated carbocycles. The fraction of sp³-hybridized carbons (Fsp3) is 0.571. The minimum atomic E-state index is 0.451. The van der Waals surface area contributed by atoms with E-state index < -0.39 is 0 Å². The van der Waals surface area contributed by atoms with Gasteiger partial charge >= 0.3 is 0 Å². The van der Waals surface area contributed by atoms with E-state index in [2.05, 4.69) is 18.7 Å². The van der Waals surface area contributed by atoms with Gasteiger partial charge in [0.15, 0.2) is 0 Å². The molecule has 1 radical (unpaired) electrons. The third kappa shape index (κ3) is 1.61. The summed E-state index contributed by atoms with van der Waals surface area (Å²) in [6.45, 7) is 4.25. The molecular formula is C7H11ClNS. The second kappa shape index (κ2) is 3.05. The maximum atomic E-state index is 5.81. The highest BCUT2D eigenvalue weighted by molar-refractivity contribution is 8.05. The number of rotatable bonds is 1. The number of hydrogen-bond acceptors (Lipinski definition) is 2. The Kier molecular flexibility index (Phi) is 2.53. The molecule has 0 aromatic carbocycles. The molecule has 3 heteroatoms. The van der Waals surface area contributed by atoms with Crippen LogP contribution in [0.25, 0.3) is 0 Å². The zero-order chi connectivity index (χ0) is 7.72. The quantitative estimate of drug-likeness (QED) is 0.605. The minimum Gasteiger partial charge on any atom is -0.366 e. The monoisotopic (exact) mass is 176 g/mol. The molecule has 0 N–H and O–H groups in total. The molecule has 10 heavy (non-hydrogen) atoms. The Hall–Kier alpha value is 0.180. The van der Waals surface area contributed by atoms with Crippen molar-refractivity contribution in [3.05, 3.63) is 16.5 Å². The Bertz CT molecular complexity index is 156. The third-order valence-corrected chi connectivity index (χ3v) is 3.12. The van der Waals surface area contributed by atoms with Crippen molar-refractivity contribution in [1.82, 2.24) is 4.90 Å². The van der Waals surface area contributed by atoms with Gasteiger partial charge in [0.1, 0.15) is 0 Å². The van der Waals surface area contributed by atoms with E-state index in [1.165, 1.54) is 5.92 Å². The van der Waals surface area contributed by atoms with Crippen LogP contribution in [0.4, 0.5) is 0 Å². The van der Waals surface area contributed by atoms with Crippen molar-refractivity contribution in [1.29, 1.82) is 0 Å². The highest BCUT2D eigenvalue weighted by Crippen LogP contribution is 2.38. The van der Waals surface area contributed by atoms with Crippen LogP contribution in [0.15, 0.2) is 10.6 Å². The Labute approximate surface area is 71.4 Å². The molecule has 57 valence electrons. The van der Waals surface area contributed by atoms with Gasteiger partial charge in [-0.3, -0.25) is 0 Å². The van der Waals surface area contributed by atoms with Crippen molar-refractivity contribution in [2.24, 2.45) is 0 Å². The summed E-state index contributed by atoms with van der Waals surface area (Å²) in [4.78, 5) is 2.13. The average molecular weight is 177 g/mol. The van der Waals surface area contributed by atoms with Gasteiger partial charge in [0, 0.05) is 19.2 Å². The first-order chi connectivity index (χ1) is 4.61. The minimum absolute atomic E-state index is 0.451. The van der Waals surface area contributed by atoms with Gasteiger partial charge in [0.05, 0.1) is 9.74 Å². The summed E-state index contributed by atoms with van der Waals surface area (Å²) < 4.78 is 0.883. The summed E-state index contributed by atoms with van der Waals surface area (Å²) in [5.74, 6) is 1.39. The van der Waals surface area contributed by atoms with Crippen molar-refractivity contribution >= 4 is 23.4 Å². The summed E-state index contributed by atoms with van der Waals surface area (Å²) in [5, 5.41) is 0.451. The molecule has 1 aliphatic heterocycles. The van der Waals surface area contributed by atoms with Gasteiger partial charge in [-0.15, -0.1) is 0 Å². The Balaban J connectivity index is 2.55. The van der Waals surface area contributed by atoms with Gasteiger partial charge in [0.2, 0.25) is 0 Å². The lowest BCUT2D eigenvalue weighted by atomic mass is 10.2. The van der Waals surface area contributed by atoms with E-state index in [0.717, 1.165) is 4.36 Å². The molecule has 0 spiro atoms. The maximum absolute atomic E-state index is 5.81. The van der Waals surface area contributed by atoms with Crippen molar-refractivity contribution in [3.8, 4) is 0 Å². The lowest BCUT2D eigenvalue weighted by Crippen LogP contribution is -2.23. The Morgan fingerprint density at radius 1 is 1.70 bits per heavy atom. The fourth-order valence-electron chi connectivity index (χ4n) is 0.973. The topological polar surface area (TPSA) is 3.24 Å². The van der Waals surface area contributed by atoms with E-state index in [9.17, 15) is 0 Å². The van der Waals surface area contributed by atoms with E-state index in [0.29, 0.717) is 5.37 Å². The van der Waals surface area contributed by atoms with Gasteiger partial charge in [0.25, 0.3) is 0 Å². The van der Waals surface area contributed by atoms with Crippen LogP contribution in [0.1, 0.15) is 13.8 Å². The van der Waals surface area contributed by atoms with Crippen LogP contribution in [-0.4, -0.2) is 17.3 Å². The normalized spacial score (nSPS) is 25.9. The van der Waals surface area contributed by atoms with Crippen LogP contribution in [0.5, 0.6) is 0 Å². The summed E-state index contributed by atoms with van der Waals surface area (Å²) in [6, 6.07) is 0. The van der Waals surface area contributed by atoms with Crippen molar-refractivity contribution < 1.29 is 0 Å². The van der Waals surface area contributed by atoms with Crippen LogP contribution in [0.3, 0.4) is 0 Å². The lowest BCUT2D eigenvalue weighted by Gasteiger charge is -2.22. The molecule has 1 unspecified atom stereocenters. The van der Waals surface area contributed by atoms with Gasteiger partial charge < -0.3 is 4.90 Å². The molecule has 0 aromatic heterocycles. The predicted octanol–water partition coefficient (Wildman–Crippen LogP) is 2.64. The van der Waals surface area contributed by atoms with E-state index in [4.69, 9.17) is 11.6 Å². The zero-order valence-electron chi connectivity index (χ0n) is 6.39. The van der Waals surface area contributed by atoms with Gasteiger partial charge in [-0.25, -0.2) is 0 Å². The fourth-order valence-corrected chi connectivity index (χ4v) is 2.28. The van der Waals surface area contributed by atoms with Crippen molar-refractivity contribution in [2.75, 3.05) is 7.05 Å². The molecule has 0 aromatic rings. The molecule has 0 amide bonds. The molecule has 1 atom stereocenters. The average Bonchev–Trinajstić information content (AvgIpc) is 2.10. The molecule has 0 aliphatic carbocycles. The van der Waals surface area contributed by atoms with E-state index in [-0.39, 0.29) is 0 Å². The summed E-state index contributed by atoms with van der Waals surface area (Å²) in [5.41, 5.74) is 0. The first-order valence-electron chi connectivity index (χ1n) is 3.17. The number of nitrogens with zero attached hydrogens (tertiary/aromatic N) is 1. The second-order valence-corrected chi connectivity index (χ2v) is 4.40. The highest BCUT2D eigenvalue weighted by Gasteiger charge is 2.24. The number of thioether (sulfide) groups is 1. The molecule has 0 saturated heterocycles. The Morgan fingerprint density at radius 3 is 2.50 bits per heavy atom. The van der Waals surface area contributed by atoms with E-state index in [1.54, 1.807) is 11.8 Å². The molecule has 1 rings (SSSR count). The standard InChI is InChI=1S/C7H11ClNS/c1-5(2)7-9(3)4-6(8)10-7/h4,7H,1-3H3. The van der Waals surface area contributed by atoms with E-state index >= 15 is 0 Å². The van der Waals surface area contributed by atoms with Crippen LogP contribution >= 0.6 is 23.4 Å². The van der Waals surface area contributed by atoms with E-state index in [1.807, 2.05) is 13.2 Å². The van der Waals surface area contributed by atoms with Gasteiger partial charge in [-0.1, -0.05) is 37.2 Å². The molecular weight excluding hydrogens is 166 g/mol. The van der Waals surface area contributed by atoms with Crippen LogP contribution in [-0.2, 0) is 0 Å². The maximum Gasteiger partial charge on any atom is 0.0914 e. The summed E-state index contributed by atoms with van der Waals surface area (Å²) >= 11 is 7.51. The van der Waals surface area contributed by atoms with Crippen LogP contribution in [0.2, 0.25) is 0 Å². The van der Waals surface area contributed by atoms with Crippen molar-refractivity contribution in [2.45, 2.75) is 19.2 Å². The highest BCUT2D eigenvalue weighted by atomic mass is 35.5. The predicted molar refractivity (Wildman–Crippen MR) is 47.7 cm³/mol. The lowest BCUT2D eigenvalue weighted by molar-refractivity contribution is 0.447. The molecule has 0 fully saturated rings.